The van der Waals surface area contributed by atoms with E-state index >= 15 is 0 Å². The van der Waals surface area contributed by atoms with Gasteiger partial charge in [0.25, 0.3) is 0 Å². The zero-order valence-electron chi connectivity index (χ0n) is 34.8. The van der Waals surface area contributed by atoms with Crippen LogP contribution in [-0.2, 0) is 0 Å². The molecule has 2 nitrogen and oxygen atoms in total. The van der Waals surface area contributed by atoms with Crippen molar-refractivity contribution in [1.29, 1.82) is 0 Å². The van der Waals surface area contributed by atoms with Crippen molar-refractivity contribution in [3.8, 4) is 44.5 Å². The van der Waals surface area contributed by atoms with Crippen LogP contribution >= 0.6 is 15.9 Å². The molecule has 3 heteroatoms. The highest BCUT2D eigenvalue weighted by molar-refractivity contribution is 9.10. The van der Waals surface area contributed by atoms with Crippen molar-refractivity contribution in [3.05, 3.63) is 277 Å². The van der Waals surface area contributed by atoms with Crippen molar-refractivity contribution in [1.82, 2.24) is 0 Å². The SMILES string of the molecule is Brc1ccc(N(c2ccc(-c3ccccc3)cc2)c2ccc(-c3ccccc3)cc2)cc1.c1ccc(-c2ccc(N(c3ccccc3)c3ccc(-c4ccccc4)cc3)cc2)cc1. The standard InChI is InChI=1S/C30H22BrN.C30H23N/c31-27-15-21-30(22-16-27)32(28-17-11-25(12-18-28)23-7-3-1-4-8-23)29-19-13-26(14-20-29)24-9-5-2-6-10-24;1-4-10-24(11-5-1)26-16-20-29(21-17-26)31(28-14-8-3-9-15-28)30-22-18-27(19-23-30)25-12-6-2-7-13-25/h1-22H;1-23H. The number of benzene rings is 10. The van der Waals surface area contributed by atoms with E-state index in [0.717, 1.165) is 38.6 Å². The molecule has 0 aliphatic carbocycles. The minimum absolute atomic E-state index is 1.07. The number of rotatable bonds is 10. The molecule has 0 aliphatic rings. The first-order chi connectivity index (χ1) is 31.2. The van der Waals surface area contributed by atoms with Crippen LogP contribution in [0.15, 0.2) is 277 Å². The molecule has 63 heavy (non-hydrogen) atoms. The van der Waals surface area contributed by atoms with Gasteiger partial charge in [-0.3, -0.25) is 0 Å². The molecule has 0 spiro atoms. The van der Waals surface area contributed by atoms with E-state index in [-0.39, 0.29) is 0 Å². The molecule has 10 aromatic carbocycles. The van der Waals surface area contributed by atoms with Gasteiger partial charge in [0.05, 0.1) is 0 Å². The summed E-state index contributed by atoms with van der Waals surface area (Å²) >= 11 is 3.56. The predicted octanol–water partition coefficient (Wildman–Crippen LogP) is 17.7. The average Bonchev–Trinajstić information content (AvgIpc) is 3.37. The van der Waals surface area contributed by atoms with Crippen LogP contribution in [0.5, 0.6) is 0 Å². The van der Waals surface area contributed by atoms with Crippen LogP contribution in [0, 0.1) is 0 Å². The average molecular weight is 874 g/mol. The zero-order valence-corrected chi connectivity index (χ0v) is 36.3. The van der Waals surface area contributed by atoms with E-state index in [0.29, 0.717) is 0 Å². The molecule has 10 aromatic rings. The highest BCUT2D eigenvalue weighted by Gasteiger charge is 2.15. The lowest BCUT2D eigenvalue weighted by Crippen LogP contribution is -2.09. The monoisotopic (exact) mass is 872 g/mol. The largest absolute Gasteiger partial charge is 0.311 e. The molecular formula is C60H45BrN2. The van der Waals surface area contributed by atoms with Crippen LogP contribution in [0.2, 0.25) is 0 Å². The first-order valence-electron chi connectivity index (χ1n) is 21.2. The van der Waals surface area contributed by atoms with Crippen LogP contribution in [0.1, 0.15) is 0 Å². The van der Waals surface area contributed by atoms with E-state index in [2.05, 4.69) is 274 Å². The van der Waals surface area contributed by atoms with Gasteiger partial charge in [0.2, 0.25) is 0 Å². The first-order valence-corrected chi connectivity index (χ1v) is 22.0. The van der Waals surface area contributed by atoms with Gasteiger partial charge in [-0.1, -0.05) is 204 Å². The molecule has 0 aliphatic heterocycles. The van der Waals surface area contributed by atoms with Crippen molar-refractivity contribution in [2.24, 2.45) is 0 Å². The fourth-order valence-electron chi connectivity index (χ4n) is 7.80. The van der Waals surface area contributed by atoms with Crippen molar-refractivity contribution >= 4 is 50.1 Å². The summed E-state index contributed by atoms with van der Waals surface area (Å²) in [6.07, 6.45) is 0. The molecule has 0 aromatic heterocycles. The van der Waals surface area contributed by atoms with Gasteiger partial charge >= 0.3 is 0 Å². The maximum Gasteiger partial charge on any atom is 0.0462 e. The van der Waals surface area contributed by atoms with Gasteiger partial charge in [0.15, 0.2) is 0 Å². The third-order valence-corrected chi connectivity index (χ3v) is 11.6. The summed E-state index contributed by atoms with van der Waals surface area (Å²) in [7, 11) is 0. The number of hydrogen-bond donors (Lipinski definition) is 0. The van der Waals surface area contributed by atoms with Crippen LogP contribution in [0.3, 0.4) is 0 Å². The molecule has 0 bridgehead atoms. The lowest BCUT2D eigenvalue weighted by atomic mass is 10.0. The predicted molar refractivity (Wildman–Crippen MR) is 272 cm³/mol. The Hall–Kier alpha value is -7.72. The minimum Gasteiger partial charge on any atom is -0.311 e. The summed E-state index contributed by atoms with van der Waals surface area (Å²) in [5, 5.41) is 0. The quantitative estimate of drug-likeness (QED) is 0.135. The normalized spacial score (nSPS) is 10.6. The molecule has 0 radical (unpaired) electrons. The second kappa shape index (κ2) is 19.8. The van der Waals surface area contributed by atoms with Crippen LogP contribution in [-0.4, -0.2) is 0 Å². The summed E-state index contributed by atoms with van der Waals surface area (Å²) in [6.45, 7) is 0. The molecule has 0 unspecified atom stereocenters. The highest BCUT2D eigenvalue weighted by Crippen LogP contribution is 2.38. The Bertz CT molecular complexity index is 2760. The van der Waals surface area contributed by atoms with Gasteiger partial charge in [0.1, 0.15) is 0 Å². The van der Waals surface area contributed by atoms with E-state index in [1.54, 1.807) is 0 Å². The minimum atomic E-state index is 1.07. The lowest BCUT2D eigenvalue weighted by molar-refractivity contribution is 1.28. The van der Waals surface area contributed by atoms with E-state index in [9.17, 15) is 0 Å². The third-order valence-electron chi connectivity index (χ3n) is 11.0. The maximum atomic E-state index is 3.56. The number of para-hydroxylation sites is 1. The Morgan fingerprint density at radius 2 is 0.349 bits per heavy atom. The van der Waals surface area contributed by atoms with Crippen molar-refractivity contribution in [2.45, 2.75) is 0 Å². The van der Waals surface area contributed by atoms with Gasteiger partial charge in [-0.15, -0.1) is 0 Å². The molecule has 10 rings (SSSR count). The van der Waals surface area contributed by atoms with Gasteiger partial charge in [-0.05, 0) is 129 Å². The van der Waals surface area contributed by atoms with Crippen molar-refractivity contribution in [2.75, 3.05) is 9.80 Å². The summed E-state index contributed by atoms with van der Waals surface area (Å²) < 4.78 is 1.07. The van der Waals surface area contributed by atoms with E-state index in [1.807, 2.05) is 24.3 Å². The fourth-order valence-corrected chi connectivity index (χ4v) is 8.06. The van der Waals surface area contributed by atoms with E-state index < -0.39 is 0 Å². The fraction of sp³-hybridized carbons (Fsp3) is 0. The summed E-state index contributed by atoms with van der Waals surface area (Å²) in [5.74, 6) is 0. The molecular weight excluding hydrogens is 829 g/mol. The maximum absolute atomic E-state index is 3.56. The number of hydrogen-bond acceptors (Lipinski definition) is 2. The lowest BCUT2D eigenvalue weighted by Gasteiger charge is -2.26. The second-order valence-electron chi connectivity index (χ2n) is 15.1. The smallest absolute Gasteiger partial charge is 0.0462 e. The topological polar surface area (TPSA) is 6.48 Å². The van der Waals surface area contributed by atoms with Gasteiger partial charge in [-0.25, -0.2) is 0 Å². The molecule has 0 N–H and O–H groups in total. The van der Waals surface area contributed by atoms with Crippen LogP contribution < -0.4 is 9.80 Å². The van der Waals surface area contributed by atoms with E-state index in [1.165, 1.54) is 44.5 Å². The molecule has 0 heterocycles. The number of halogens is 1. The molecule has 0 amide bonds. The number of anilines is 6. The molecule has 0 fully saturated rings. The van der Waals surface area contributed by atoms with Crippen molar-refractivity contribution < 1.29 is 0 Å². The summed E-state index contributed by atoms with van der Waals surface area (Å²) in [4.78, 5) is 4.58. The number of nitrogens with zero attached hydrogens (tertiary/aromatic N) is 2. The Labute approximate surface area is 379 Å². The summed E-state index contributed by atoms with van der Waals surface area (Å²) in [6, 6.07) is 96.0. The Kier molecular flexibility index (Phi) is 12.8. The van der Waals surface area contributed by atoms with Gasteiger partial charge in [0, 0.05) is 38.6 Å². The van der Waals surface area contributed by atoms with E-state index in [4.69, 9.17) is 0 Å². The van der Waals surface area contributed by atoms with Crippen LogP contribution in [0.25, 0.3) is 44.5 Å². The molecule has 302 valence electrons. The van der Waals surface area contributed by atoms with Crippen LogP contribution in [0.4, 0.5) is 34.1 Å². The highest BCUT2D eigenvalue weighted by atomic mass is 79.9. The molecule has 0 saturated carbocycles. The van der Waals surface area contributed by atoms with Crippen molar-refractivity contribution in [3.63, 3.8) is 0 Å². The second-order valence-corrected chi connectivity index (χ2v) is 16.1. The zero-order chi connectivity index (χ0) is 42.6. The Morgan fingerprint density at radius 1 is 0.175 bits per heavy atom. The van der Waals surface area contributed by atoms with Gasteiger partial charge < -0.3 is 9.80 Å². The molecule has 0 saturated heterocycles. The summed E-state index contributed by atoms with van der Waals surface area (Å²) in [5.41, 5.74) is 16.6. The Morgan fingerprint density at radius 3 is 0.587 bits per heavy atom. The van der Waals surface area contributed by atoms with Gasteiger partial charge in [-0.2, -0.15) is 0 Å². The first kappa shape index (κ1) is 40.7. The molecule has 0 atom stereocenters. The Balaban J connectivity index is 0.000000160. The third kappa shape index (κ3) is 9.92.